The Morgan fingerprint density at radius 3 is 2.57 bits per heavy atom. The van der Waals surface area contributed by atoms with Crippen LogP contribution >= 0.6 is 0 Å². The van der Waals surface area contributed by atoms with Gasteiger partial charge in [0.05, 0.1) is 5.92 Å². The number of piperidine rings is 1. The highest BCUT2D eigenvalue weighted by molar-refractivity contribution is 5.83. The van der Waals surface area contributed by atoms with Crippen LogP contribution in [0.2, 0.25) is 0 Å². The minimum atomic E-state index is -0.839. The first-order valence-electron chi connectivity index (χ1n) is 7.17. The van der Waals surface area contributed by atoms with Crippen molar-refractivity contribution in [2.24, 2.45) is 5.92 Å². The van der Waals surface area contributed by atoms with Gasteiger partial charge in [0, 0.05) is 19.7 Å². The number of ether oxygens (including phenoxy) is 1. The molecule has 5 heteroatoms. The molecule has 1 aromatic carbocycles. The molecule has 0 saturated carbocycles. The van der Waals surface area contributed by atoms with Gasteiger partial charge in [-0.25, -0.2) is 0 Å². The summed E-state index contributed by atoms with van der Waals surface area (Å²) in [6.45, 7) is 2.38. The maximum atomic E-state index is 12.7. The third-order valence-corrected chi connectivity index (χ3v) is 4.15. The lowest BCUT2D eigenvalue weighted by Crippen LogP contribution is -2.50. The number of carbonyl (C=O) groups excluding carboxylic acids is 1. The molecular formula is C16H21NO4. The summed E-state index contributed by atoms with van der Waals surface area (Å²) in [6, 6.07) is 8.96. The van der Waals surface area contributed by atoms with Gasteiger partial charge in [-0.2, -0.15) is 0 Å². The third kappa shape index (κ3) is 3.24. The average molecular weight is 291 g/mol. The van der Waals surface area contributed by atoms with Crippen molar-refractivity contribution >= 4 is 11.9 Å². The number of methoxy groups -OCH3 is 1. The van der Waals surface area contributed by atoms with E-state index in [2.05, 4.69) is 0 Å². The molecule has 1 aromatic rings. The van der Waals surface area contributed by atoms with Crippen molar-refractivity contribution in [3.63, 3.8) is 0 Å². The molecule has 2 rings (SSSR count). The molecule has 114 valence electrons. The van der Waals surface area contributed by atoms with Crippen LogP contribution in [0.25, 0.3) is 0 Å². The van der Waals surface area contributed by atoms with Crippen molar-refractivity contribution in [2.45, 2.75) is 31.9 Å². The molecule has 1 heterocycles. The number of carboxylic acids is 1. The number of hydrogen-bond acceptors (Lipinski definition) is 3. The van der Waals surface area contributed by atoms with Crippen LogP contribution < -0.4 is 0 Å². The van der Waals surface area contributed by atoms with Crippen LogP contribution in [0.1, 0.15) is 31.4 Å². The zero-order valence-electron chi connectivity index (χ0n) is 12.4. The summed E-state index contributed by atoms with van der Waals surface area (Å²) in [5, 5.41) is 9.25. The van der Waals surface area contributed by atoms with E-state index in [1.807, 2.05) is 30.3 Å². The molecule has 0 spiro atoms. The molecule has 0 bridgehead atoms. The van der Waals surface area contributed by atoms with E-state index >= 15 is 0 Å². The summed E-state index contributed by atoms with van der Waals surface area (Å²) in [6.07, 6.45) is 0.642. The Bertz CT molecular complexity index is 502. The first-order valence-corrected chi connectivity index (χ1v) is 7.17. The van der Waals surface area contributed by atoms with Crippen LogP contribution in [-0.2, 0) is 14.3 Å². The summed E-state index contributed by atoms with van der Waals surface area (Å²) < 4.78 is 5.36. The molecule has 0 unspecified atom stereocenters. The fourth-order valence-corrected chi connectivity index (χ4v) is 2.94. The van der Waals surface area contributed by atoms with E-state index in [0.717, 1.165) is 5.56 Å². The number of rotatable bonds is 4. The number of hydrogen-bond donors (Lipinski definition) is 1. The van der Waals surface area contributed by atoms with Crippen LogP contribution in [0.5, 0.6) is 0 Å². The average Bonchev–Trinajstić information content (AvgIpc) is 2.49. The lowest BCUT2D eigenvalue weighted by atomic mass is 9.89. The smallest absolute Gasteiger partial charge is 0.308 e. The first kappa shape index (κ1) is 15.5. The van der Waals surface area contributed by atoms with E-state index in [9.17, 15) is 14.7 Å². The van der Waals surface area contributed by atoms with Crippen molar-refractivity contribution in [3.05, 3.63) is 35.9 Å². The zero-order chi connectivity index (χ0) is 15.4. The molecule has 0 aromatic heterocycles. The second-order valence-corrected chi connectivity index (χ2v) is 5.39. The van der Waals surface area contributed by atoms with Gasteiger partial charge in [0.2, 0.25) is 0 Å². The second-order valence-electron chi connectivity index (χ2n) is 5.39. The Balaban J connectivity index is 2.19. The quantitative estimate of drug-likeness (QED) is 0.922. The van der Waals surface area contributed by atoms with Gasteiger partial charge in [-0.3, -0.25) is 9.59 Å². The molecule has 1 fully saturated rings. The van der Waals surface area contributed by atoms with Gasteiger partial charge < -0.3 is 14.7 Å². The van der Waals surface area contributed by atoms with E-state index in [0.29, 0.717) is 19.4 Å². The number of nitrogens with zero attached hydrogens (tertiary/aromatic N) is 1. The Morgan fingerprint density at radius 2 is 2.00 bits per heavy atom. The highest BCUT2D eigenvalue weighted by Crippen LogP contribution is 2.28. The largest absolute Gasteiger partial charge is 0.481 e. The minimum absolute atomic E-state index is 0.165. The fraction of sp³-hybridized carbons (Fsp3) is 0.500. The molecule has 1 N–H and O–H groups in total. The number of benzene rings is 1. The Kier molecular flexibility index (Phi) is 4.96. The molecular weight excluding hydrogens is 270 g/mol. The van der Waals surface area contributed by atoms with Crippen LogP contribution in [0.3, 0.4) is 0 Å². The highest BCUT2D eigenvalue weighted by atomic mass is 16.5. The van der Waals surface area contributed by atoms with Gasteiger partial charge in [0.15, 0.2) is 6.10 Å². The maximum absolute atomic E-state index is 12.7. The van der Waals surface area contributed by atoms with Crippen molar-refractivity contribution in [2.75, 3.05) is 13.7 Å². The molecule has 0 aliphatic carbocycles. The van der Waals surface area contributed by atoms with E-state index in [1.54, 1.807) is 11.8 Å². The highest BCUT2D eigenvalue weighted by Gasteiger charge is 2.38. The van der Waals surface area contributed by atoms with E-state index in [-0.39, 0.29) is 11.9 Å². The zero-order valence-corrected chi connectivity index (χ0v) is 12.4. The minimum Gasteiger partial charge on any atom is -0.481 e. The molecule has 21 heavy (non-hydrogen) atoms. The number of carboxylic acid groups (broad SMARTS) is 1. The van der Waals surface area contributed by atoms with Crippen molar-refractivity contribution in [1.82, 2.24) is 4.90 Å². The fourth-order valence-electron chi connectivity index (χ4n) is 2.94. The van der Waals surface area contributed by atoms with Crippen LogP contribution in [-0.4, -0.2) is 41.6 Å². The van der Waals surface area contributed by atoms with E-state index in [1.165, 1.54) is 7.11 Å². The standard InChI is InChI=1S/C16H21NO4/c1-11-13(16(19)20)9-6-10-17(11)15(18)14(21-2)12-7-4-3-5-8-12/h3-5,7-8,11,13-14H,6,9-10H2,1-2H3,(H,19,20)/t11-,13-,14+/m0/s1. The molecule has 0 radical (unpaired) electrons. The lowest BCUT2D eigenvalue weighted by molar-refractivity contribution is -0.153. The molecule has 1 amide bonds. The van der Waals surface area contributed by atoms with E-state index in [4.69, 9.17) is 4.74 Å². The number of carbonyl (C=O) groups is 2. The SMILES string of the molecule is CO[C@@H](C(=O)N1CCC[C@H](C(=O)O)[C@@H]1C)c1ccccc1. The second kappa shape index (κ2) is 6.72. The first-order chi connectivity index (χ1) is 10.1. The molecule has 3 atom stereocenters. The monoisotopic (exact) mass is 291 g/mol. The van der Waals surface area contributed by atoms with Crippen molar-refractivity contribution in [1.29, 1.82) is 0 Å². The molecule has 5 nitrogen and oxygen atoms in total. The summed E-state index contributed by atoms with van der Waals surface area (Å²) in [4.78, 5) is 25.6. The van der Waals surface area contributed by atoms with Crippen molar-refractivity contribution < 1.29 is 19.4 Å². The summed E-state index contributed by atoms with van der Waals surface area (Å²) >= 11 is 0. The molecule has 1 aliphatic heterocycles. The van der Waals surface area contributed by atoms with Gasteiger partial charge in [-0.15, -0.1) is 0 Å². The normalized spacial score (nSPS) is 23.6. The van der Waals surface area contributed by atoms with Gasteiger partial charge >= 0.3 is 5.97 Å². The Labute approximate surface area is 124 Å². The van der Waals surface area contributed by atoms with Gasteiger partial charge in [-0.05, 0) is 25.3 Å². The van der Waals surface area contributed by atoms with Crippen LogP contribution in [0.4, 0.5) is 0 Å². The number of amides is 1. The predicted octanol–water partition coefficient (Wildman–Crippen LogP) is 2.09. The maximum Gasteiger partial charge on any atom is 0.308 e. The Morgan fingerprint density at radius 1 is 1.33 bits per heavy atom. The lowest BCUT2D eigenvalue weighted by Gasteiger charge is -2.39. The van der Waals surface area contributed by atoms with Crippen LogP contribution in [0.15, 0.2) is 30.3 Å². The topological polar surface area (TPSA) is 66.8 Å². The number of likely N-dealkylation sites (tertiary alicyclic amines) is 1. The predicted molar refractivity (Wildman–Crippen MR) is 77.7 cm³/mol. The number of aliphatic carboxylic acids is 1. The van der Waals surface area contributed by atoms with Gasteiger partial charge in [0.1, 0.15) is 0 Å². The molecule has 1 aliphatic rings. The van der Waals surface area contributed by atoms with Crippen LogP contribution in [0, 0.1) is 5.92 Å². The molecule has 1 saturated heterocycles. The Hall–Kier alpha value is -1.88. The van der Waals surface area contributed by atoms with Gasteiger partial charge in [-0.1, -0.05) is 30.3 Å². The summed E-state index contributed by atoms with van der Waals surface area (Å²) in [7, 11) is 1.50. The van der Waals surface area contributed by atoms with E-state index < -0.39 is 18.0 Å². The summed E-state index contributed by atoms with van der Waals surface area (Å²) in [5.41, 5.74) is 0.787. The van der Waals surface area contributed by atoms with Gasteiger partial charge in [0.25, 0.3) is 5.91 Å². The summed E-state index contributed by atoms with van der Waals surface area (Å²) in [5.74, 6) is -1.51. The van der Waals surface area contributed by atoms with Crippen molar-refractivity contribution in [3.8, 4) is 0 Å². The third-order valence-electron chi connectivity index (χ3n) is 4.15.